The van der Waals surface area contributed by atoms with Crippen molar-refractivity contribution in [2.24, 2.45) is 0 Å². The molecule has 2 rings (SSSR count). The molecule has 1 amide bonds. The van der Waals surface area contributed by atoms with Crippen molar-refractivity contribution in [1.29, 1.82) is 0 Å². The number of methoxy groups -OCH3 is 1. The molecular formula is C21H27NO5S. The van der Waals surface area contributed by atoms with E-state index in [4.69, 9.17) is 9.47 Å². The molecule has 2 aromatic carbocycles. The summed E-state index contributed by atoms with van der Waals surface area (Å²) in [6, 6.07) is 11.1. The largest absolute Gasteiger partial charge is 0.493 e. The van der Waals surface area contributed by atoms with E-state index in [-0.39, 0.29) is 10.8 Å². The number of nitrogens with one attached hydrogen (secondary N) is 1. The van der Waals surface area contributed by atoms with Crippen LogP contribution < -0.4 is 14.8 Å². The van der Waals surface area contributed by atoms with Crippen molar-refractivity contribution in [3.8, 4) is 11.5 Å². The van der Waals surface area contributed by atoms with E-state index in [2.05, 4.69) is 12.2 Å². The molecule has 28 heavy (non-hydrogen) atoms. The Balaban J connectivity index is 2.07. The Labute approximate surface area is 166 Å². The smallest absolute Gasteiger partial charge is 0.255 e. The fourth-order valence-electron chi connectivity index (χ4n) is 2.65. The van der Waals surface area contributed by atoms with Crippen molar-refractivity contribution in [3.63, 3.8) is 0 Å². The second-order valence-corrected chi connectivity index (χ2v) is 8.54. The first-order valence-electron chi connectivity index (χ1n) is 9.27. The highest BCUT2D eigenvalue weighted by Crippen LogP contribution is 2.29. The van der Waals surface area contributed by atoms with Gasteiger partial charge in [-0.1, -0.05) is 32.3 Å². The predicted octanol–water partition coefficient (Wildman–Crippen LogP) is 4.31. The van der Waals surface area contributed by atoms with Gasteiger partial charge in [0.15, 0.2) is 21.3 Å². The lowest BCUT2D eigenvalue weighted by molar-refractivity contribution is 0.102. The van der Waals surface area contributed by atoms with Gasteiger partial charge < -0.3 is 14.8 Å². The maximum Gasteiger partial charge on any atom is 0.255 e. The molecule has 0 fully saturated rings. The van der Waals surface area contributed by atoms with Crippen molar-refractivity contribution < 1.29 is 22.7 Å². The zero-order valence-corrected chi connectivity index (χ0v) is 17.3. The van der Waals surface area contributed by atoms with Gasteiger partial charge in [-0.25, -0.2) is 8.42 Å². The molecule has 0 heterocycles. The number of unbranched alkanes of at least 4 members (excludes halogenated alkanes) is 3. The summed E-state index contributed by atoms with van der Waals surface area (Å²) in [6.07, 6.45) is 5.56. The molecule has 6 nitrogen and oxygen atoms in total. The highest BCUT2D eigenvalue weighted by Gasteiger charge is 2.13. The van der Waals surface area contributed by atoms with Crippen LogP contribution in [0.4, 0.5) is 5.69 Å². The van der Waals surface area contributed by atoms with Gasteiger partial charge in [0, 0.05) is 17.5 Å². The maximum atomic E-state index is 12.5. The molecule has 0 radical (unpaired) electrons. The Morgan fingerprint density at radius 1 is 1.04 bits per heavy atom. The van der Waals surface area contributed by atoms with Gasteiger partial charge in [0.25, 0.3) is 5.91 Å². The third kappa shape index (κ3) is 6.27. The Morgan fingerprint density at radius 3 is 2.50 bits per heavy atom. The van der Waals surface area contributed by atoms with Crippen LogP contribution in [0.25, 0.3) is 0 Å². The molecule has 0 spiro atoms. The van der Waals surface area contributed by atoms with E-state index in [9.17, 15) is 13.2 Å². The molecule has 152 valence electrons. The van der Waals surface area contributed by atoms with Crippen LogP contribution in [0.15, 0.2) is 47.4 Å². The number of carbonyl (C=O) groups is 1. The molecule has 0 bridgehead atoms. The first-order valence-corrected chi connectivity index (χ1v) is 11.2. The Bertz CT molecular complexity index is 909. The first-order chi connectivity index (χ1) is 13.3. The van der Waals surface area contributed by atoms with Crippen molar-refractivity contribution in [1.82, 2.24) is 0 Å². The first kappa shape index (κ1) is 21.8. The van der Waals surface area contributed by atoms with Gasteiger partial charge in [-0.2, -0.15) is 0 Å². The molecule has 1 N–H and O–H groups in total. The average Bonchev–Trinajstić information content (AvgIpc) is 2.67. The number of rotatable bonds is 10. The van der Waals surface area contributed by atoms with Crippen LogP contribution in [-0.4, -0.2) is 34.3 Å². The summed E-state index contributed by atoms with van der Waals surface area (Å²) < 4.78 is 34.4. The van der Waals surface area contributed by atoms with E-state index in [1.807, 2.05) is 0 Å². The predicted molar refractivity (Wildman–Crippen MR) is 110 cm³/mol. The average molecular weight is 406 g/mol. The Morgan fingerprint density at radius 2 is 1.82 bits per heavy atom. The van der Waals surface area contributed by atoms with E-state index in [0.29, 0.717) is 29.4 Å². The standard InChI is InChI=1S/C21H27NO5S/c1-4-5-6-7-13-27-19-12-11-16(14-20(19)26-2)21(23)22-17-9-8-10-18(15-17)28(3,24)25/h8-12,14-15H,4-7,13H2,1-3H3,(H,22,23). The second-order valence-electron chi connectivity index (χ2n) is 6.53. The topological polar surface area (TPSA) is 81.7 Å². The molecule has 0 saturated carbocycles. The monoisotopic (exact) mass is 405 g/mol. The van der Waals surface area contributed by atoms with Crippen molar-refractivity contribution >= 4 is 21.4 Å². The Hall–Kier alpha value is -2.54. The van der Waals surface area contributed by atoms with Gasteiger partial charge in [0.05, 0.1) is 18.6 Å². The summed E-state index contributed by atoms with van der Waals surface area (Å²) in [4.78, 5) is 12.7. The van der Waals surface area contributed by atoms with Gasteiger partial charge in [0.1, 0.15) is 0 Å². The summed E-state index contributed by atoms with van der Waals surface area (Å²) in [5, 5.41) is 2.71. The summed E-state index contributed by atoms with van der Waals surface area (Å²) in [7, 11) is -1.82. The zero-order chi connectivity index (χ0) is 20.6. The van der Waals surface area contributed by atoms with Gasteiger partial charge in [0.2, 0.25) is 0 Å². The number of hydrogen-bond acceptors (Lipinski definition) is 5. The summed E-state index contributed by atoms with van der Waals surface area (Å²) >= 11 is 0. The molecular weight excluding hydrogens is 378 g/mol. The molecule has 0 atom stereocenters. The molecule has 2 aromatic rings. The van der Waals surface area contributed by atoms with Crippen LogP contribution >= 0.6 is 0 Å². The lowest BCUT2D eigenvalue weighted by Crippen LogP contribution is -2.12. The number of sulfone groups is 1. The van der Waals surface area contributed by atoms with Crippen LogP contribution in [0.5, 0.6) is 11.5 Å². The fourth-order valence-corrected chi connectivity index (χ4v) is 3.31. The van der Waals surface area contributed by atoms with Crippen molar-refractivity contribution in [3.05, 3.63) is 48.0 Å². The van der Waals surface area contributed by atoms with E-state index in [0.717, 1.165) is 19.1 Å². The minimum Gasteiger partial charge on any atom is -0.493 e. The number of amides is 1. The normalized spacial score (nSPS) is 11.1. The van der Waals surface area contributed by atoms with E-state index in [1.165, 1.54) is 32.1 Å². The van der Waals surface area contributed by atoms with E-state index < -0.39 is 9.84 Å². The zero-order valence-electron chi connectivity index (χ0n) is 16.5. The number of carbonyl (C=O) groups excluding carboxylic acids is 1. The molecule has 0 unspecified atom stereocenters. The number of benzene rings is 2. The molecule has 0 aliphatic rings. The number of ether oxygens (including phenoxy) is 2. The Kier molecular flexibility index (Phi) is 7.87. The third-order valence-electron chi connectivity index (χ3n) is 4.20. The fraction of sp³-hybridized carbons (Fsp3) is 0.381. The lowest BCUT2D eigenvalue weighted by atomic mass is 10.1. The molecule has 0 aliphatic heterocycles. The van der Waals surface area contributed by atoms with Gasteiger partial charge in [-0.15, -0.1) is 0 Å². The number of anilines is 1. The summed E-state index contributed by atoms with van der Waals surface area (Å²) in [5.74, 6) is 0.709. The summed E-state index contributed by atoms with van der Waals surface area (Å²) in [5.41, 5.74) is 0.795. The molecule has 0 aliphatic carbocycles. The lowest BCUT2D eigenvalue weighted by Gasteiger charge is -2.12. The highest BCUT2D eigenvalue weighted by molar-refractivity contribution is 7.90. The van der Waals surface area contributed by atoms with Crippen LogP contribution in [0.1, 0.15) is 43.0 Å². The molecule has 0 aromatic heterocycles. The minimum absolute atomic E-state index is 0.148. The van der Waals surface area contributed by atoms with Crippen molar-refractivity contribution in [2.45, 2.75) is 37.5 Å². The van der Waals surface area contributed by atoms with E-state index in [1.54, 1.807) is 30.3 Å². The van der Waals surface area contributed by atoms with Crippen LogP contribution in [-0.2, 0) is 9.84 Å². The third-order valence-corrected chi connectivity index (χ3v) is 5.31. The van der Waals surface area contributed by atoms with Crippen LogP contribution in [0.3, 0.4) is 0 Å². The van der Waals surface area contributed by atoms with Crippen LogP contribution in [0, 0.1) is 0 Å². The SMILES string of the molecule is CCCCCCOc1ccc(C(=O)Nc2cccc(S(C)(=O)=O)c2)cc1OC. The highest BCUT2D eigenvalue weighted by atomic mass is 32.2. The van der Waals surface area contributed by atoms with E-state index >= 15 is 0 Å². The molecule has 0 saturated heterocycles. The van der Waals surface area contributed by atoms with Crippen molar-refractivity contribution in [2.75, 3.05) is 25.3 Å². The summed E-state index contributed by atoms with van der Waals surface area (Å²) in [6.45, 7) is 2.76. The molecule has 7 heteroatoms. The number of hydrogen-bond donors (Lipinski definition) is 1. The second kappa shape index (κ2) is 10.1. The maximum absolute atomic E-state index is 12.5. The van der Waals surface area contributed by atoms with Gasteiger partial charge >= 0.3 is 0 Å². The quantitative estimate of drug-likeness (QED) is 0.596. The van der Waals surface area contributed by atoms with Gasteiger partial charge in [-0.05, 0) is 42.8 Å². The van der Waals surface area contributed by atoms with Gasteiger partial charge in [-0.3, -0.25) is 4.79 Å². The van der Waals surface area contributed by atoms with Crippen LogP contribution in [0.2, 0.25) is 0 Å². The minimum atomic E-state index is -3.34.